The van der Waals surface area contributed by atoms with Gasteiger partial charge in [-0.15, -0.1) is 0 Å². The molecule has 0 radical (unpaired) electrons. The summed E-state index contributed by atoms with van der Waals surface area (Å²) in [7, 11) is 3.94. The zero-order valence-electron chi connectivity index (χ0n) is 9.90. The normalized spacial score (nSPS) is 10.3. The maximum atomic E-state index is 6.18. The van der Waals surface area contributed by atoms with Gasteiger partial charge in [0, 0.05) is 31.9 Å². The van der Waals surface area contributed by atoms with Crippen LogP contribution in [0.5, 0.6) is 0 Å². The number of benzene rings is 1. The smallest absolute Gasteiger partial charge is 0.0952 e. The highest BCUT2D eigenvalue weighted by atomic mass is 35.5. The van der Waals surface area contributed by atoms with E-state index in [0.717, 1.165) is 28.5 Å². The number of anilines is 2. The van der Waals surface area contributed by atoms with Crippen LogP contribution in [0.4, 0.5) is 11.4 Å². The number of hydrogen-bond donors (Lipinski definition) is 1. The highest BCUT2D eigenvalue weighted by Gasteiger charge is 2.03. The number of hydrogen-bond acceptors (Lipinski definition) is 3. The van der Waals surface area contributed by atoms with Crippen LogP contribution in [-0.4, -0.2) is 14.1 Å². The van der Waals surface area contributed by atoms with Crippen molar-refractivity contribution in [3.63, 3.8) is 0 Å². The fourth-order valence-corrected chi connectivity index (χ4v) is 1.93. The molecule has 0 aliphatic rings. The molecule has 0 saturated heterocycles. The summed E-state index contributed by atoms with van der Waals surface area (Å²) in [6, 6.07) is 7.88. The van der Waals surface area contributed by atoms with Crippen molar-refractivity contribution in [2.24, 2.45) is 0 Å². The van der Waals surface area contributed by atoms with E-state index >= 15 is 0 Å². The number of halogens is 1. The third kappa shape index (κ3) is 2.94. The molecule has 1 aromatic heterocycles. The monoisotopic (exact) mass is 250 g/mol. The molecular formula is C13H15ClN2O. The molecule has 2 aromatic rings. The molecule has 90 valence electrons. The fourth-order valence-electron chi connectivity index (χ4n) is 1.58. The van der Waals surface area contributed by atoms with E-state index < -0.39 is 0 Å². The second kappa shape index (κ2) is 5.15. The second-order valence-electron chi connectivity index (χ2n) is 4.05. The summed E-state index contributed by atoms with van der Waals surface area (Å²) in [5, 5.41) is 4.03. The lowest BCUT2D eigenvalue weighted by molar-refractivity contribution is 0.564. The van der Waals surface area contributed by atoms with Gasteiger partial charge in [-0.25, -0.2) is 0 Å². The molecule has 0 saturated carbocycles. The molecule has 0 aliphatic heterocycles. The molecular weight excluding hydrogens is 236 g/mol. The second-order valence-corrected chi connectivity index (χ2v) is 4.45. The van der Waals surface area contributed by atoms with Crippen LogP contribution in [-0.2, 0) is 6.54 Å². The van der Waals surface area contributed by atoms with E-state index in [2.05, 4.69) is 5.32 Å². The first kappa shape index (κ1) is 11.9. The van der Waals surface area contributed by atoms with E-state index in [1.54, 1.807) is 12.5 Å². The van der Waals surface area contributed by atoms with Crippen LogP contribution in [0, 0.1) is 0 Å². The average molecular weight is 251 g/mol. The molecule has 1 N–H and O–H groups in total. The highest BCUT2D eigenvalue weighted by Crippen LogP contribution is 2.27. The van der Waals surface area contributed by atoms with Gasteiger partial charge in [0.05, 0.1) is 23.2 Å². The Morgan fingerprint density at radius 3 is 2.71 bits per heavy atom. The van der Waals surface area contributed by atoms with Gasteiger partial charge >= 0.3 is 0 Å². The first-order valence-corrected chi connectivity index (χ1v) is 5.76. The first-order chi connectivity index (χ1) is 8.16. The van der Waals surface area contributed by atoms with Gasteiger partial charge in [0.2, 0.25) is 0 Å². The zero-order valence-corrected chi connectivity index (χ0v) is 10.7. The van der Waals surface area contributed by atoms with Crippen molar-refractivity contribution in [2.75, 3.05) is 24.3 Å². The summed E-state index contributed by atoms with van der Waals surface area (Å²) < 4.78 is 5.00. The summed E-state index contributed by atoms with van der Waals surface area (Å²) >= 11 is 6.18. The van der Waals surface area contributed by atoms with Crippen LogP contribution < -0.4 is 10.2 Å². The van der Waals surface area contributed by atoms with Crippen molar-refractivity contribution >= 4 is 23.0 Å². The minimum Gasteiger partial charge on any atom is -0.472 e. The molecule has 2 rings (SSSR count). The van der Waals surface area contributed by atoms with Gasteiger partial charge in [0.1, 0.15) is 0 Å². The number of nitrogens with one attached hydrogen (secondary N) is 1. The standard InChI is InChI=1S/C13H15ClN2O/c1-16(2)13-4-3-11(7-12(13)14)15-8-10-5-6-17-9-10/h3-7,9,15H,8H2,1-2H3. The number of rotatable bonds is 4. The van der Waals surface area contributed by atoms with Gasteiger partial charge in [-0.2, -0.15) is 0 Å². The predicted octanol–water partition coefficient (Wildman–Crippen LogP) is 3.61. The summed E-state index contributed by atoms with van der Waals surface area (Å²) in [5.41, 5.74) is 3.13. The van der Waals surface area contributed by atoms with Gasteiger partial charge in [-0.1, -0.05) is 11.6 Å². The van der Waals surface area contributed by atoms with Crippen LogP contribution in [0.25, 0.3) is 0 Å². The fraction of sp³-hybridized carbons (Fsp3) is 0.231. The van der Waals surface area contributed by atoms with E-state index in [9.17, 15) is 0 Å². The maximum absolute atomic E-state index is 6.18. The highest BCUT2D eigenvalue weighted by molar-refractivity contribution is 6.33. The van der Waals surface area contributed by atoms with Gasteiger partial charge in [-0.05, 0) is 24.3 Å². The molecule has 0 spiro atoms. The molecule has 0 amide bonds. The molecule has 0 aliphatic carbocycles. The van der Waals surface area contributed by atoms with Crippen molar-refractivity contribution in [1.82, 2.24) is 0 Å². The number of nitrogens with zero attached hydrogens (tertiary/aromatic N) is 1. The summed E-state index contributed by atoms with van der Waals surface area (Å²) in [5.74, 6) is 0. The van der Waals surface area contributed by atoms with E-state index in [4.69, 9.17) is 16.0 Å². The Kier molecular flexibility index (Phi) is 3.59. The Morgan fingerprint density at radius 2 is 2.12 bits per heavy atom. The third-order valence-corrected chi connectivity index (χ3v) is 2.81. The summed E-state index contributed by atoms with van der Waals surface area (Å²) in [4.78, 5) is 1.99. The van der Waals surface area contributed by atoms with Crippen LogP contribution >= 0.6 is 11.6 Å². The lowest BCUT2D eigenvalue weighted by atomic mass is 10.2. The lowest BCUT2D eigenvalue weighted by Crippen LogP contribution is -2.09. The van der Waals surface area contributed by atoms with E-state index in [1.807, 2.05) is 43.3 Å². The topological polar surface area (TPSA) is 28.4 Å². The summed E-state index contributed by atoms with van der Waals surface area (Å²) in [6.07, 6.45) is 3.39. The Bertz CT molecular complexity index is 480. The molecule has 1 heterocycles. The summed E-state index contributed by atoms with van der Waals surface area (Å²) in [6.45, 7) is 0.730. The van der Waals surface area contributed by atoms with E-state index in [0.29, 0.717) is 0 Å². The van der Waals surface area contributed by atoms with Crippen LogP contribution in [0.15, 0.2) is 41.2 Å². The Balaban J connectivity index is 2.05. The Morgan fingerprint density at radius 1 is 1.29 bits per heavy atom. The minimum atomic E-state index is 0.730. The van der Waals surface area contributed by atoms with Crippen molar-refractivity contribution in [2.45, 2.75) is 6.54 Å². The maximum Gasteiger partial charge on any atom is 0.0952 e. The quantitative estimate of drug-likeness (QED) is 0.899. The molecule has 3 nitrogen and oxygen atoms in total. The largest absolute Gasteiger partial charge is 0.472 e. The molecule has 0 bridgehead atoms. The van der Waals surface area contributed by atoms with E-state index in [1.165, 1.54) is 0 Å². The van der Waals surface area contributed by atoms with Crippen LogP contribution in [0.2, 0.25) is 5.02 Å². The van der Waals surface area contributed by atoms with Gasteiger partial charge in [-0.3, -0.25) is 0 Å². The Labute approximate surface area is 106 Å². The molecule has 17 heavy (non-hydrogen) atoms. The van der Waals surface area contributed by atoms with Gasteiger partial charge in [0.25, 0.3) is 0 Å². The lowest BCUT2D eigenvalue weighted by Gasteiger charge is -2.15. The van der Waals surface area contributed by atoms with Gasteiger partial charge < -0.3 is 14.6 Å². The van der Waals surface area contributed by atoms with Crippen LogP contribution in [0.3, 0.4) is 0 Å². The minimum absolute atomic E-state index is 0.730. The Hall–Kier alpha value is -1.61. The molecule has 0 unspecified atom stereocenters. The average Bonchev–Trinajstić information content (AvgIpc) is 2.78. The van der Waals surface area contributed by atoms with Gasteiger partial charge in [0.15, 0.2) is 0 Å². The molecule has 0 atom stereocenters. The van der Waals surface area contributed by atoms with E-state index in [-0.39, 0.29) is 0 Å². The van der Waals surface area contributed by atoms with Crippen LogP contribution in [0.1, 0.15) is 5.56 Å². The third-order valence-electron chi connectivity index (χ3n) is 2.51. The van der Waals surface area contributed by atoms with Crippen molar-refractivity contribution in [3.05, 3.63) is 47.4 Å². The zero-order chi connectivity index (χ0) is 12.3. The van der Waals surface area contributed by atoms with Crippen molar-refractivity contribution < 1.29 is 4.42 Å². The molecule has 1 aromatic carbocycles. The predicted molar refractivity (Wildman–Crippen MR) is 71.8 cm³/mol. The first-order valence-electron chi connectivity index (χ1n) is 5.38. The number of furan rings is 1. The van der Waals surface area contributed by atoms with Crippen molar-refractivity contribution in [3.8, 4) is 0 Å². The molecule has 0 fully saturated rings. The van der Waals surface area contributed by atoms with Crippen molar-refractivity contribution in [1.29, 1.82) is 0 Å². The SMILES string of the molecule is CN(C)c1ccc(NCc2ccoc2)cc1Cl. The molecule has 4 heteroatoms.